The van der Waals surface area contributed by atoms with Crippen LogP contribution in [0.2, 0.25) is 0 Å². The van der Waals surface area contributed by atoms with E-state index in [4.69, 9.17) is 4.74 Å². The minimum Gasteiger partial charge on any atom is -0.507 e. The zero-order chi connectivity index (χ0) is 18.0. The summed E-state index contributed by atoms with van der Waals surface area (Å²) in [6.07, 6.45) is 0.866. The molecule has 24 heavy (non-hydrogen) atoms. The van der Waals surface area contributed by atoms with Crippen LogP contribution in [0.4, 0.5) is 0 Å². The van der Waals surface area contributed by atoms with Gasteiger partial charge >= 0.3 is 0 Å². The predicted octanol–water partition coefficient (Wildman–Crippen LogP) is 5.86. The highest BCUT2D eigenvalue weighted by Crippen LogP contribution is 2.35. The van der Waals surface area contributed by atoms with Crippen LogP contribution in [0.25, 0.3) is 0 Å². The number of hydrogen-bond donors (Lipinski definition) is 1. The van der Waals surface area contributed by atoms with Gasteiger partial charge in [0.05, 0.1) is 7.11 Å². The standard InChI is InChI=1S/C22H30O2/c1-13(2)19-11-18(12-20(14(3)4)21(19)23)10-17-8-15(5)22(24-7)16(6)9-17/h8-9,11-14,23H,10H2,1-7H3. The molecule has 0 bridgehead atoms. The Bertz CT molecular complexity index is 675. The maximum Gasteiger partial charge on any atom is 0.124 e. The molecule has 0 atom stereocenters. The first-order chi connectivity index (χ1) is 11.2. The van der Waals surface area contributed by atoms with Crippen LogP contribution in [0.3, 0.4) is 0 Å². The van der Waals surface area contributed by atoms with Crippen molar-refractivity contribution in [3.63, 3.8) is 0 Å². The van der Waals surface area contributed by atoms with Crippen molar-refractivity contribution in [3.05, 3.63) is 57.6 Å². The van der Waals surface area contributed by atoms with Crippen LogP contribution in [0.5, 0.6) is 11.5 Å². The first kappa shape index (κ1) is 18.4. The van der Waals surface area contributed by atoms with Crippen molar-refractivity contribution in [1.29, 1.82) is 0 Å². The molecule has 0 heterocycles. The number of aromatic hydroxyl groups is 1. The lowest BCUT2D eigenvalue weighted by Crippen LogP contribution is -2.00. The number of ether oxygens (including phenoxy) is 1. The smallest absolute Gasteiger partial charge is 0.124 e. The molecule has 1 N–H and O–H groups in total. The molecule has 0 radical (unpaired) electrons. The molecule has 0 aliphatic heterocycles. The summed E-state index contributed by atoms with van der Waals surface area (Å²) in [4.78, 5) is 0. The number of benzene rings is 2. The zero-order valence-electron chi connectivity index (χ0n) is 16.0. The van der Waals surface area contributed by atoms with Gasteiger partial charge in [0, 0.05) is 0 Å². The molecule has 2 aromatic rings. The third kappa shape index (κ3) is 3.75. The average Bonchev–Trinajstić information content (AvgIpc) is 2.48. The summed E-state index contributed by atoms with van der Waals surface area (Å²) in [7, 11) is 1.72. The molecule has 2 rings (SSSR count). The van der Waals surface area contributed by atoms with E-state index < -0.39 is 0 Å². The molecule has 130 valence electrons. The fraction of sp³-hybridized carbons (Fsp3) is 0.455. The number of aryl methyl sites for hydroxylation is 2. The molecule has 0 saturated heterocycles. The monoisotopic (exact) mass is 326 g/mol. The van der Waals surface area contributed by atoms with E-state index in [0.29, 0.717) is 17.6 Å². The Morgan fingerprint density at radius 2 is 1.25 bits per heavy atom. The predicted molar refractivity (Wildman–Crippen MR) is 102 cm³/mol. The van der Waals surface area contributed by atoms with Gasteiger partial charge in [-0.05, 0) is 65.5 Å². The molecular weight excluding hydrogens is 296 g/mol. The second-order valence-corrected chi connectivity index (χ2v) is 7.37. The Morgan fingerprint density at radius 1 is 0.833 bits per heavy atom. The van der Waals surface area contributed by atoms with Crippen LogP contribution in [-0.4, -0.2) is 12.2 Å². The van der Waals surface area contributed by atoms with Crippen LogP contribution in [0.15, 0.2) is 24.3 Å². The van der Waals surface area contributed by atoms with E-state index >= 15 is 0 Å². The number of methoxy groups -OCH3 is 1. The summed E-state index contributed by atoms with van der Waals surface area (Å²) in [5.74, 6) is 2.05. The van der Waals surface area contributed by atoms with Gasteiger partial charge in [0.2, 0.25) is 0 Å². The molecule has 0 amide bonds. The van der Waals surface area contributed by atoms with E-state index in [1.807, 2.05) is 0 Å². The van der Waals surface area contributed by atoms with Gasteiger partial charge in [-0.25, -0.2) is 0 Å². The Morgan fingerprint density at radius 3 is 1.62 bits per heavy atom. The van der Waals surface area contributed by atoms with Crippen molar-refractivity contribution < 1.29 is 9.84 Å². The maximum absolute atomic E-state index is 10.6. The summed E-state index contributed by atoms with van der Waals surface area (Å²) < 4.78 is 5.46. The lowest BCUT2D eigenvalue weighted by molar-refractivity contribution is 0.408. The Labute approximate surface area is 146 Å². The first-order valence-electron chi connectivity index (χ1n) is 8.74. The third-order valence-electron chi connectivity index (χ3n) is 4.61. The maximum atomic E-state index is 10.6. The minimum atomic E-state index is 0.307. The van der Waals surface area contributed by atoms with Gasteiger partial charge in [-0.3, -0.25) is 0 Å². The van der Waals surface area contributed by atoms with Crippen LogP contribution in [0, 0.1) is 13.8 Å². The highest BCUT2D eigenvalue weighted by Gasteiger charge is 2.15. The molecule has 0 fully saturated rings. The number of phenols is 1. The van der Waals surface area contributed by atoms with E-state index in [9.17, 15) is 5.11 Å². The molecule has 2 heteroatoms. The lowest BCUT2D eigenvalue weighted by atomic mass is 9.89. The molecule has 0 aromatic heterocycles. The molecular formula is C22H30O2. The van der Waals surface area contributed by atoms with Crippen LogP contribution >= 0.6 is 0 Å². The molecule has 0 aliphatic carbocycles. The lowest BCUT2D eigenvalue weighted by Gasteiger charge is -2.18. The quantitative estimate of drug-likeness (QED) is 0.746. The molecule has 0 aliphatic rings. The average molecular weight is 326 g/mol. The summed E-state index contributed by atoms with van der Waals surface area (Å²) in [6, 6.07) is 8.70. The van der Waals surface area contributed by atoms with Crippen LogP contribution in [0.1, 0.15) is 72.9 Å². The molecule has 0 spiro atoms. The minimum absolute atomic E-state index is 0.307. The first-order valence-corrected chi connectivity index (χ1v) is 8.74. The van der Waals surface area contributed by atoms with Crippen LogP contribution in [-0.2, 0) is 6.42 Å². The van der Waals surface area contributed by atoms with Gasteiger partial charge in [-0.1, -0.05) is 52.0 Å². The fourth-order valence-corrected chi connectivity index (χ4v) is 3.43. The summed E-state index contributed by atoms with van der Waals surface area (Å²) in [6.45, 7) is 12.7. The molecule has 2 nitrogen and oxygen atoms in total. The largest absolute Gasteiger partial charge is 0.507 e. The van der Waals surface area contributed by atoms with E-state index in [1.165, 1.54) is 22.3 Å². The topological polar surface area (TPSA) is 29.5 Å². The number of rotatable bonds is 5. The third-order valence-corrected chi connectivity index (χ3v) is 4.61. The number of phenolic OH excluding ortho intramolecular Hbond substituents is 1. The van der Waals surface area contributed by atoms with Gasteiger partial charge in [0.15, 0.2) is 0 Å². The Kier molecular flexibility index (Phi) is 5.58. The van der Waals surface area contributed by atoms with Gasteiger partial charge in [-0.15, -0.1) is 0 Å². The summed E-state index contributed by atoms with van der Waals surface area (Å²) in [5, 5.41) is 10.6. The molecule has 2 aromatic carbocycles. The highest BCUT2D eigenvalue weighted by atomic mass is 16.5. The highest BCUT2D eigenvalue weighted by molar-refractivity contribution is 5.49. The van der Waals surface area contributed by atoms with Crippen molar-refractivity contribution in [1.82, 2.24) is 0 Å². The summed E-state index contributed by atoms with van der Waals surface area (Å²) in [5.41, 5.74) is 6.94. The van der Waals surface area contributed by atoms with Crippen molar-refractivity contribution in [2.45, 2.75) is 59.8 Å². The second kappa shape index (κ2) is 7.29. The van der Waals surface area contributed by atoms with E-state index in [1.54, 1.807) is 7.11 Å². The normalized spacial score (nSPS) is 11.4. The van der Waals surface area contributed by atoms with Gasteiger partial charge in [0.25, 0.3) is 0 Å². The van der Waals surface area contributed by atoms with Crippen molar-refractivity contribution in [2.75, 3.05) is 7.11 Å². The fourth-order valence-electron chi connectivity index (χ4n) is 3.43. The molecule has 0 unspecified atom stereocenters. The van der Waals surface area contributed by atoms with Gasteiger partial charge in [-0.2, -0.15) is 0 Å². The van der Waals surface area contributed by atoms with Crippen LogP contribution < -0.4 is 4.74 Å². The van der Waals surface area contributed by atoms with Crippen molar-refractivity contribution in [3.8, 4) is 11.5 Å². The van der Waals surface area contributed by atoms with E-state index in [-0.39, 0.29) is 0 Å². The second-order valence-electron chi connectivity index (χ2n) is 7.37. The SMILES string of the molecule is COc1c(C)cc(Cc2cc(C(C)C)c(O)c(C(C)C)c2)cc1C. The van der Waals surface area contributed by atoms with Gasteiger partial charge in [0.1, 0.15) is 11.5 Å². The molecule has 0 saturated carbocycles. The van der Waals surface area contributed by atoms with E-state index in [2.05, 4.69) is 65.8 Å². The van der Waals surface area contributed by atoms with Crippen molar-refractivity contribution >= 4 is 0 Å². The van der Waals surface area contributed by atoms with E-state index in [0.717, 1.165) is 23.3 Å². The number of hydrogen-bond acceptors (Lipinski definition) is 2. The zero-order valence-corrected chi connectivity index (χ0v) is 16.0. The Hall–Kier alpha value is -1.96. The summed E-state index contributed by atoms with van der Waals surface area (Å²) >= 11 is 0. The van der Waals surface area contributed by atoms with Crippen molar-refractivity contribution in [2.24, 2.45) is 0 Å². The Balaban J connectivity index is 2.46. The van der Waals surface area contributed by atoms with Gasteiger partial charge < -0.3 is 9.84 Å².